The van der Waals surface area contributed by atoms with Gasteiger partial charge in [-0.05, 0) is 18.2 Å². The molecule has 0 aromatic heterocycles. The summed E-state index contributed by atoms with van der Waals surface area (Å²) in [5.41, 5.74) is 0.495. The molecule has 1 aliphatic rings. The predicted octanol–water partition coefficient (Wildman–Crippen LogP) is 0.623. The largest absolute Gasteiger partial charge is 0.481 e. The van der Waals surface area contributed by atoms with Crippen molar-refractivity contribution in [3.8, 4) is 0 Å². The van der Waals surface area contributed by atoms with Gasteiger partial charge in [-0.3, -0.25) is 4.79 Å². The van der Waals surface area contributed by atoms with Gasteiger partial charge in [0.15, 0.2) is 0 Å². The smallest absolute Gasteiger partial charge is 0.339 e. The number of fused-ring (bicyclic) bond motifs is 1. The Labute approximate surface area is 115 Å². The number of benzene rings is 1. The molecule has 1 aromatic rings. The first-order valence-corrected chi connectivity index (χ1v) is 7.16. The van der Waals surface area contributed by atoms with E-state index in [0.717, 1.165) is 4.31 Å². The molecule has 108 valence electrons. The number of sulfonamides is 1. The maximum absolute atomic E-state index is 12.0. The molecule has 2 rings (SSSR count). The Morgan fingerprint density at radius 3 is 2.60 bits per heavy atom. The summed E-state index contributed by atoms with van der Waals surface area (Å²) in [5, 5.41) is 8.79. The normalized spacial score (nSPS) is 17.9. The lowest BCUT2D eigenvalue weighted by Crippen LogP contribution is -2.22. The van der Waals surface area contributed by atoms with E-state index in [1.807, 2.05) is 0 Å². The van der Waals surface area contributed by atoms with Gasteiger partial charge in [0.1, 0.15) is 6.10 Å². The van der Waals surface area contributed by atoms with Crippen molar-refractivity contribution in [3.05, 3.63) is 29.3 Å². The van der Waals surface area contributed by atoms with Crippen LogP contribution in [0.25, 0.3) is 0 Å². The van der Waals surface area contributed by atoms with Gasteiger partial charge in [-0.1, -0.05) is 0 Å². The van der Waals surface area contributed by atoms with Gasteiger partial charge in [0, 0.05) is 19.7 Å². The Morgan fingerprint density at radius 1 is 1.40 bits per heavy atom. The van der Waals surface area contributed by atoms with E-state index in [9.17, 15) is 18.0 Å². The highest BCUT2D eigenvalue weighted by atomic mass is 32.2. The predicted molar refractivity (Wildman–Crippen MR) is 67.7 cm³/mol. The SMILES string of the molecule is CN(C)S(=O)(=O)c1ccc2c(c1)[C@@H](CC(=O)O)OC2=O. The molecule has 0 aliphatic carbocycles. The number of carboxylic acids is 1. The molecule has 0 saturated heterocycles. The average Bonchev–Trinajstić information content (AvgIpc) is 2.65. The summed E-state index contributed by atoms with van der Waals surface area (Å²) in [5.74, 6) is -1.77. The highest BCUT2D eigenvalue weighted by Crippen LogP contribution is 2.34. The Kier molecular flexibility index (Phi) is 3.53. The molecule has 1 N–H and O–H groups in total. The van der Waals surface area contributed by atoms with E-state index in [2.05, 4.69) is 0 Å². The second-order valence-corrected chi connectivity index (χ2v) is 6.68. The third-order valence-corrected chi connectivity index (χ3v) is 4.79. The number of ether oxygens (including phenoxy) is 1. The minimum atomic E-state index is -3.65. The Morgan fingerprint density at radius 2 is 2.05 bits per heavy atom. The number of carboxylic acid groups (broad SMARTS) is 1. The maximum Gasteiger partial charge on any atom is 0.339 e. The first-order valence-electron chi connectivity index (χ1n) is 5.72. The number of carbonyl (C=O) groups excluding carboxylic acids is 1. The van der Waals surface area contributed by atoms with E-state index in [-0.39, 0.29) is 10.5 Å². The van der Waals surface area contributed by atoms with Crippen LogP contribution in [0.2, 0.25) is 0 Å². The van der Waals surface area contributed by atoms with E-state index < -0.39 is 34.5 Å². The summed E-state index contributed by atoms with van der Waals surface area (Å²) in [4.78, 5) is 22.3. The van der Waals surface area contributed by atoms with Crippen molar-refractivity contribution in [2.45, 2.75) is 17.4 Å². The van der Waals surface area contributed by atoms with E-state index in [1.54, 1.807) is 0 Å². The molecule has 20 heavy (non-hydrogen) atoms. The summed E-state index contributed by atoms with van der Waals surface area (Å²) < 4.78 is 30.0. The zero-order chi connectivity index (χ0) is 15.1. The topological polar surface area (TPSA) is 101 Å². The van der Waals surface area contributed by atoms with Crippen molar-refractivity contribution in [3.63, 3.8) is 0 Å². The molecular formula is C12H13NO6S. The van der Waals surface area contributed by atoms with Crippen molar-refractivity contribution in [2.75, 3.05) is 14.1 Å². The Balaban J connectivity index is 2.50. The van der Waals surface area contributed by atoms with Crippen LogP contribution in [0.15, 0.2) is 23.1 Å². The second kappa shape index (κ2) is 4.88. The fourth-order valence-electron chi connectivity index (χ4n) is 1.93. The molecule has 0 radical (unpaired) electrons. The van der Waals surface area contributed by atoms with E-state index in [0.29, 0.717) is 5.56 Å². The summed E-state index contributed by atoms with van der Waals surface area (Å²) in [7, 11) is -0.873. The van der Waals surface area contributed by atoms with Crippen molar-refractivity contribution < 1.29 is 27.9 Å². The maximum atomic E-state index is 12.0. The van der Waals surface area contributed by atoms with Gasteiger partial charge < -0.3 is 9.84 Å². The van der Waals surface area contributed by atoms with Crippen LogP contribution in [0.5, 0.6) is 0 Å². The van der Waals surface area contributed by atoms with Gasteiger partial charge in [0.05, 0.1) is 16.9 Å². The van der Waals surface area contributed by atoms with Crippen molar-refractivity contribution in [1.29, 1.82) is 0 Å². The highest BCUT2D eigenvalue weighted by molar-refractivity contribution is 7.89. The molecule has 0 bridgehead atoms. The van der Waals surface area contributed by atoms with Crippen LogP contribution in [0, 0.1) is 0 Å². The standard InChI is InChI=1S/C12H13NO6S/c1-13(2)20(17,18)7-3-4-8-9(5-7)10(6-11(14)15)19-12(8)16/h3-5,10H,6H2,1-2H3,(H,14,15)/t10-/m1/s1. The number of hydrogen-bond donors (Lipinski definition) is 1. The highest BCUT2D eigenvalue weighted by Gasteiger charge is 2.34. The number of esters is 1. The lowest BCUT2D eigenvalue weighted by Gasteiger charge is -2.13. The van der Waals surface area contributed by atoms with Gasteiger partial charge in [-0.2, -0.15) is 0 Å². The van der Waals surface area contributed by atoms with Crippen LogP contribution in [0.1, 0.15) is 28.4 Å². The zero-order valence-electron chi connectivity index (χ0n) is 10.9. The fraction of sp³-hybridized carbons (Fsp3) is 0.333. The van der Waals surface area contributed by atoms with E-state index in [4.69, 9.17) is 9.84 Å². The van der Waals surface area contributed by atoms with Crippen LogP contribution in [0.3, 0.4) is 0 Å². The molecule has 1 atom stereocenters. The molecule has 0 fully saturated rings. The van der Waals surface area contributed by atoms with Crippen LogP contribution in [-0.4, -0.2) is 43.9 Å². The van der Waals surface area contributed by atoms with Gasteiger partial charge >= 0.3 is 11.9 Å². The number of cyclic esters (lactones) is 1. The summed E-state index contributed by atoms with van der Waals surface area (Å²) in [6.45, 7) is 0. The molecule has 0 amide bonds. The summed E-state index contributed by atoms with van der Waals surface area (Å²) >= 11 is 0. The van der Waals surface area contributed by atoms with E-state index >= 15 is 0 Å². The molecule has 7 nitrogen and oxygen atoms in total. The number of nitrogens with zero attached hydrogens (tertiary/aromatic N) is 1. The van der Waals surface area contributed by atoms with Crippen LogP contribution >= 0.6 is 0 Å². The lowest BCUT2D eigenvalue weighted by atomic mass is 10.0. The van der Waals surface area contributed by atoms with Gasteiger partial charge in [0.25, 0.3) is 0 Å². The van der Waals surface area contributed by atoms with Crippen LogP contribution in [0.4, 0.5) is 0 Å². The molecule has 0 saturated carbocycles. The number of carbonyl (C=O) groups is 2. The third-order valence-electron chi connectivity index (χ3n) is 2.98. The molecular weight excluding hydrogens is 286 g/mol. The van der Waals surface area contributed by atoms with E-state index in [1.165, 1.54) is 32.3 Å². The lowest BCUT2D eigenvalue weighted by molar-refractivity contribution is -0.139. The molecule has 1 aliphatic heterocycles. The van der Waals surface area contributed by atoms with Gasteiger partial charge in [-0.25, -0.2) is 17.5 Å². The molecule has 8 heteroatoms. The van der Waals surface area contributed by atoms with Crippen molar-refractivity contribution in [2.24, 2.45) is 0 Å². The van der Waals surface area contributed by atoms with Crippen molar-refractivity contribution in [1.82, 2.24) is 4.31 Å². The Hall–Kier alpha value is -1.93. The first kappa shape index (κ1) is 14.5. The minimum absolute atomic E-state index is 0.00469. The first-order chi connectivity index (χ1) is 9.23. The van der Waals surface area contributed by atoms with Crippen molar-refractivity contribution >= 4 is 22.0 Å². The number of hydrogen-bond acceptors (Lipinski definition) is 5. The zero-order valence-corrected chi connectivity index (χ0v) is 11.7. The van der Waals surface area contributed by atoms with Crippen LogP contribution in [-0.2, 0) is 19.6 Å². The summed E-state index contributed by atoms with van der Waals surface area (Å²) in [6.07, 6.45) is -1.35. The quantitative estimate of drug-likeness (QED) is 0.818. The molecule has 0 spiro atoms. The molecule has 0 unspecified atom stereocenters. The fourth-order valence-corrected chi connectivity index (χ4v) is 2.87. The summed E-state index contributed by atoms with van der Waals surface area (Å²) in [6, 6.07) is 3.94. The van der Waals surface area contributed by atoms with Gasteiger partial charge in [0.2, 0.25) is 10.0 Å². The van der Waals surface area contributed by atoms with Gasteiger partial charge in [-0.15, -0.1) is 0 Å². The number of rotatable bonds is 4. The monoisotopic (exact) mass is 299 g/mol. The average molecular weight is 299 g/mol. The van der Waals surface area contributed by atoms with Crippen LogP contribution < -0.4 is 0 Å². The third kappa shape index (κ3) is 2.39. The second-order valence-electron chi connectivity index (χ2n) is 4.53. The molecule has 1 aromatic carbocycles. The number of aliphatic carboxylic acids is 1. The Bertz CT molecular complexity index is 677. The molecule has 1 heterocycles. The minimum Gasteiger partial charge on any atom is -0.481 e.